The van der Waals surface area contributed by atoms with Crippen LogP contribution < -0.4 is 11.1 Å². The van der Waals surface area contributed by atoms with Crippen LogP contribution in [0.15, 0.2) is 24.3 Å². The summed E-state index contributed by atoms with van der Waals surface area (Å²) in [4.78, 5) is 12.7. The molecule has 2 aliphatic carbocycles. The lowest BCUT2D eigenvalue weighted by Gasteiger charge is -2.27. The van der Waals surface area contributed by atoms with Crippen LogP contribution in [0, 0.1) is 17.8 Å². The number of nitrogens with one attached hydrogen (secondary N) is 1. The average molecular weight is 363 g/mol. The number of carbonyl (C=O) groups excluding carboxylic acids is 1. The Morgan fingerprint density at radius 3 is 2.88 bits per heavy atom. The number of benzene rings is 1. The molecule has 2 fully saturated rings. The van der Waals surface area contributed by atoms with Gasteiger partial charge in [-0.2, -0.15) is 0 Å². The molecular formula is C17H23ClN6O. The number of carbonyl (C=O) groups is 1. The number of amides is 1. The van der Waals surface area contributed by atoms with E-state index < -0.39 is 0 Å². The van der Waals surface area contributed by atoms with Crippen LogP contribution in [0.1, 0.15) is 26.2 Å². The number of rotatable bonds is 4. The van der Waals surface area contributed by atoms with Crippen molar-refractivity contribution in [2.75, 3.05) is 5.32 Å². The molecule has 2 saturated carbocycles. The van der Waals surface area contributed by atoms with Crippen LogP contribution in [-0.2, 0) is 11.3 Å². The molecule has 1 heterocycles. The molecule has 1 amide bonds. The molecule has 25 heavy (non-hydrogen) atoms. The number of halogens is 1. The van der Waals surface area contributed by atoms with Gasteiger partial charge < -0.3 is 11.1 Å². The summed E-state index contributed by atoms with van der Waals surface area (Å²) in [6, 6.07) is 7.64. The van der Waals surface area contributed by atoms with Crippen molar-refractivity contribution in [1.29, 1.82) is 0 Å². The molecule has 1 aromatic heterocycles. The van der Waals surface area contributed by atoms with E-state index in [0.717, 1.165) is 24.1 Å². The zero-order chi connectivity index (χ0) is 16.7. The summed E-state index contributed by atoms with van der Waals surface area (Å²) in [5.74, 6) is 1.65. The predicted octanol–water partition coefficient (Wildman–Crippen LogP) is 2.09. The Hall–Kier alpha value is -1.99. The second-order valence-electron chi connectivity index (χ2n) is 6.82. The molecule has 134 valence electrons. The molecule has 2 bridgehead atoms. The van der Waals surface area contributed by atoms with Crippen molar-refractivity contribution in [3.05, 3.63) is 24.3 Å². The van der Waals surface area contributed by atoms with Crippen molar-refractivity contribution in [1.82, 2.24) is 20.2 Å². The summed E-state index contributed by atoms with van der Waals surface area (Å²) in [5.41, 5.74) is 7.92. The molecule has 0 spiro atoms. The Morgan fingerprint density at radius 1 is 1.36 bits per heavy atom. The van der Waals surface area contributed by atoms with Crippen molar-refractivity contribution in [3.63, 3.8) is 0 Å². The standard InChI is InChI=1S/C17H22N6O.ClH/c1-2-23-16(20-21-22-23)12-4-3-5-13(9-12)19-17(24)14-10-6-7-11(8-10)15(14)18;/h3-5,9-11,14-15H,2,6-8,18H2,1H3,(H,19,24);1H. The molecule has 8 heteroatoms. The first-order valence-corrected chi connectivity index (χ1v) is 8.60. The SMILES string of the molecule is CCn1nnnc1-c1cccc(NC(=O)C2C3CCC(C3)C2N)c1.Cl. The fourth-order valence-corrected chi connectivity index (χ4v) is 4.31. The average Bonchev–Trinajstić information content (AvgIpc) is 3.30. The Morgan fingerprint density at radius 2 is 2.16 bits per heavy atom. The number of fused-ring (bicyclic) bond motifs is 2. The predicted molar refractivity (Wildman–Crippen MR) is 97.1 cm³/mol. The lowest BCUT2D eigenvalue weighted by atomic mass is 9.84. The Labute approximate surface area is 152 Å². The monoisotopic (exact) mass is 362 g/mol. The number of hydrogen-bond acceptors (Lipinski definition) is 5. The third kappa shape index (κ3) is 3.14. The van der Waals surface area contributed by atoms with E-state index in [1.54, 1.807) is 4.68 Å². The van der Waals surface area contributed by atoms with Crippen LogP contribution in [0.3, 0.4) is 0 Å². The normalized spacial score (nSPS) is 27.1. The molecule has 4 rings (SSSR count). The number of anilines is 1. The van der Waals surface area contributed by atoms with Crippen molar-refractivity contribution < 1.29 is 4.79 Å². The van der Waals surface area contributed by atoms with Gasteiger partial charge in [0.25, 0.3) is 0 Å². The molecule has 2 aromatic rings. The lowest BCUT2D eigenvalue weighted by Crippen LogP contribution is -2.42. The zero-order valence-corrected chi connectivity index (χ0v) is 14.9. The second kappa shape index (κ2) is 7.09. The first-order chi connectivity index (χ1) is 11.7. The van der Waals surface area contributed by atoms with Gasteiger partial charge in [-0.05, 0) is 60.6 Å². The molecular weight excluding hydrogens is 340 g/mol. The van der Waals surface area contributed by atoms with Gasteiger partial charge >= 0.3 is 0 Å². The topological polar surface area (TPSA) is 98.7 Å². The van der Waals surface area contributed by atoms with Crippen LogP contribution in [-0.4, -0.2) is 32.2 Å². The summed E-state index contributed by atoms with van der Waals surface area (Å²) in [7, 11) is 0. The van der Waals surface area contributed by atoms with Gasteiger partial charge in [-0.3, -0.25) is 4.79 Å². The largest absolute Gasteiger partial charge is 0.327 e. The number of nitrogens with two attached hydrogens (primary N) is 1. The van der Waals surface area contributed by atoms with Crippen LogP contribution >= 0.6 is 12.4 Å². The van der Waals surface area contributed by atoms with Gasteiger partial charge in [0.2, 0.25) is 5.91 Å². The van der Waals surface area contributed by atoms with Gasteiger partial charge in [-0.1, -0.05) is 12.1 Å². The van der Waals surface area contributed by atoms with Crippen molar-refractivity contribution in [3.8, 4) is 11.4 Å². The van der Waals surface area contributed by atoms with Crippen LogP contribution in [0.5, 0.6) is 0 Å². The van der Waals surface area contributed by atoms with Crippen LogP contribution in [0.4, 0.5) is 5.69 Å². The van der Waals surface area contributed by atoms with Gasteiger partial charge in [0.1, 0.15) is 0 Å². The first-order valence-electron chi connectivity index (χ1n) is 8.60. The molecule has 1 aromatic carbocycles. The fraction of sp³-hybridized carbons (Fsp3) is 0.529. The highest BCUT2D eigenvalue weighted by atomic mass is 35.5. The molecule has 0 radical (unpaired) electrons. The van der Waals surface area contributed by atoms with E-state index in [1.807, 2.05) is 31.2 Å². The maximum atomic E-state index is 12.7. The van der Waals surface area contributed by atoms with E-state index in [4.69, 9.17) is 5.73 Å². The zero-order valence-electron chi connectivity index (χ0n) is 14.1. The summed E-state index contributed by atoms with van der Waals surface area (Å²) in [5, 5.41) is 14.8. The van der Waals surface area contributed by atoms with Crippen molar-refractivity contribution >= 4 is 24.0 Å². The number of hydrogen-bond donors (Lipinski definition) is 2. The molecule has 2 aliphatic rings. The maximum Gasteiger partial charge on any atom is 0.229 e. The van der Waals surface area contributed by atoms with Gasteiger partial charge in [-0.15, -0.1) is 17.5 Å². The van der Waals surface area contributed by atoms with E-state index >= 15 is 0 Å². The quantitative estimate of drug-likeness (QED) is 0.867. The fourth-order valence-electron chi connectivity index (χ4n) is 4.31. The van der Waals surface area contributed by atoms with Gasteiger partial charge in [0.05, 0.1) is 5.92 Å². The first kappa shape index (κ1) is 17.8. The maximum absolute atomic E-state index is 12.7. The second-order valence-corrected chi connectivity index (χ2v) is 6.82. The minimum absolute atomic E-state index is 0. The summed E-state index contributed by atoms with van der Waals surface area (Å²) < 4.78 is 1.73. The van der Waals surface area contributed by atoms with Crippen molar-refractivity contribution in [2.24, 2.45) is 23.5 Å². The Kier molecular flexibility index (Phi) is 5.06. The lowest BCUT2D eigenvalue weighted by molar-refractivity contribution is -0.121. The van der Waals surface area contributed by atoms with Gasteiger partial charge in [0.15, 0.2) is 5.82 Å². The number of tetrazole rings is 1. The molecule has 3 N–H and O–H groups in total. The third-order valence-electron chi connectivity index (χ3n) is 5.50. The smallest absolute Gasteiger partial charge is 0.229 e. The van der Waals surface area contributed by atoms with E-state index in [2.05, 4.69) is 20.8 Å². The highest BCUT2D eigenvalue weighted by Crippen LogP contribution is 2.47. The third-order valence-corrected chi connectivity index (χ3v) is 5.50. The molecule has 0 saturated heterocycles. The molecule has 4 atom stereocenters. The minimum atomic E-state index is -0.0617. The molecule has 0 aliphatic heterocycles. The van der Waals surface area contributed by atoms with Gasteiger partial charge in [-0.25, -0.2) is 4.68 Å². The van der Waals surface area contributed by atoms with Crippen molar-refractivity contribution in [2.45, 2.75) is 38.8 Å². The molecule has 7 nitrogen and oxygen atoms in total. The number of aryl methyl sites for hydroxylation is 1. The summed E-state index contributed by atoms with van der Waals surface area (Å²) in [6.45, 7) is 2.68. The van der Waals surface area contributed by atoms with E-state index in [0.29, 0.717) is 24.2 Å². The van der Waals surface area contributed by atoms with E-state index in [-0.39, 0.29) is 30.3 Å². The van der Waals surface area contributed by atoms with Crippen LogP contribution in [0.25, 0.3) is 11.4 Å². The minimum Gasteiger partial charge on any atom is -0.327 e. The summed E-state index contributed by atoms with van der Waals surface area (Å²) >= 11 is 0. The highest BCUT2D eigenvalue weighted by Gasteiger charge is 2.49. The Bertz CT molecular complexity index is 761. The molecule has 4 unspecified atom stereocenters. The van der Waals surface area contributed by atoms with Crippen LogP contribution in [0.2, 0.25) is 0 Å². The van der Waals surface area contributed by atoms with Gasteiger partial charge in [0, 0.05) is 23.8 Å². The van der Waals surface area contributed by atoms with E-state index in [9.17, 15) is 4.79 Å². The highest BCUT2D eigenvalue weighted by molar-refractivity contribution is 5.94. The number of aromatic nitrogens is 4. The number of nitrogens with zero attached hydrogens (tertiary/aromatic N) is 4. The Balaban J connectivity index is 0.00000182. The van der Waals surface area contributed by atoms with E-state index in [1.165, 1.54) is 6.42 Å². The summed E-state index contributed by atoms with van der Waals surface area (Å²) in [6.07, 6.45) is 3.40.